The first-order valence-electron chi connectivity index (χ1n) is 5.82. The van der Waals surface area contributed by atoms with E-state index in [0.29, 0.717) is 0 Å². The van der Waals surface area contributed by atoms with Crippen molar-refractivity contribution in [1.29, 1.82) is 0 Å². The van der Waals surface area contributed by atoms with Gasteiger partial charge in [0.25, 0.3) is 0 Å². The summed E-state index contributed by atoms with van der Waals surface area (Å²) < 4.78 is 3.14. The maximum absolute atomic E-state index is 6.26. The zero-order valence-electron chi connectivity index (χ0n) is 9.91. The Morgan fingerprint density at radius 2 is 1.84 bits per heavy atom. The number of aromatic nitrogens is 1. The zero-order valence-corrected chi connectivity index (χ0v) is 13.0. The summed E-state index contributed by atoms with van der Waals surface area (Å²) >= 11 is 15.9. The number of fused-ring (bicyclic) bond motifs is 1. The van der Waals surface area contributed by atoms with E-state index in [1.807, 2.05) is 42.6 Å². The summed E-state index contributed by atoms with van der Waals surface area (Å²) in [6.07, 6.45) is 2.04. The van der Waals surface area contributed by atoms with Crippen molar-refractivity contribution in [3.63, 3.8) is 0 Å². The molecule has 0 aliphatic rings. The van der Waals surface area contributed by atoms with Crippen LogP contribution in [0.15, 0.2) is 53.1 Å². The molecule has 3 aromatic rings. The highest BCUT2D eigenvalue weighted by Gasteiger charge is 2.07. The fourth-order valence-corrected chi connectivity index (χ4v) is 3.12. The second-order valence-electron chi connectivity index (χ2n) is 4.35. The van der Waals surface area contributed by atoms with E-state index in [1.54, 1.807) is 0 Å². The van der Waals surface area contributed by atoms with Gasteiger partial charge in [-0.15, -0.1) is 0 Å². The van der Waals surface area contributed by atoms with E-state index in [-0.39, 0.29) is 0 Å². The monoisotopic (exact) mass is 353 g/mol. The number of hydrogen-bond acceptors (Lipinski definition) is 0. The van der Waals surface area contributed by atoms with E-state index in [1.165, 1.54) is 0 Å². The molecule has 0 aliphatic heterocycles. The van der Waals surface area contributed by atoms with Gasteiger partial charge in [-0.25, -0.2) is 0 Å². The Morgan fingerprint density at radius 3 is 2.63 bits per heavy atom. The fraction of sp³-hybridized carbons (Fsp3) is 0.0667. The topological polar surface area (TPSA) is 4.93 Å². The van der Waals surface area contributed by atoms with E-state index < -0.39 is 0 Å². The third kappa shape index (κ3) is 2.53. The van der Waals surface area contributed by atoms with Crippen LogP contribution in [0.4, 0.5) is 0 Å². The van der Waals surface area contributed by atoms with Gasteiger partial charge in [0.2, 0.25) is 0 Å². The normalized spacial score (nSPS) is 11.1. The molecule has 0 bridgehead atoms. The van der Waals surface area contributed by atoms with Crippen LogP contribution >= 0.6 is 39.1 Å². The zero-order chi connectivity index (χ0) is 13.4. The molecule has 2 aromatic carbocycles. The summed E-state index contributed by atoms with van der Waals surface area (Å²) in [6.45, 7) is 0.732. The Bertz CT molecular complexity index is 749. The lowest BCUT2D eigenvalue weighted by molar-refractivity contribution is 0.837. The lowest BCUT2D eigenvalue weighted by Crippen LogP contribution is -1.98. The quantitative estimate of drug-likeness (QED) is 0.551. The molecule has 3 rings (SSSR count). The second-order valence-corrected chi connectivity index (χ2v) is 6.08. The van der Waals surface area contributed by atoms with Crippen molar-refractivity contribution < 1.29 is 0 Å². The Labute approximate surface area is 129 Å². The molecule has 0 aliphatic carbocycles. The molecule has 96 valence electrons. The molecule has 0 saturated heterocycles. The van der Waals surface area contributed by atoms with Crippen LogP contribution < -0.4 is 0 Å². The number of benzene rings is 2. The number of rotatable bonds is 2. The first-order valence-corrected chi connectivity index (χ1v) is 7.37. The lowest BCUT2D eigenvalue weighted by atomic mass is 10.2. The first-order chi connectivity index (χ1) is 9.15. The predicted octanol–water partition coefficient (Wildman–Crippen LogP) is 5.76. The van der Waals surface area contributed by atoms with Gasteiger partial charge >= 0.3 is 0 Å². The lowest BCUT2D eigenvalue weighted by Gasteiger charge is -2.08. The minimum absolute atomic E-state index is 0.732. The summed E-state index contributed by atoms with van der Waals surface area (Å²) in [7, 11) is 0. The maximum Gasteiger partial charge on any atom is 0.0499 e. The highest BCUT2D eigenvalue weighted by molar-refractivity contribution is 9.10. The highest BCUT2D eigenvalue weighted by Crippen LogP contribution is 2.27. The molecule has 0 amide bonds. The second kappa shape index (κ2) is 5.20. The van der Waals surface area contributed by atoms with Crippen LogP contribution in [0.3, 0.4) is 0 Å². The fourth-order valence-electron chi connectivity index (χ4n) is 2.16. The van der Waals surface area contributed by atoms with Gasteiger partial charge in [0.15, 0.2) is 0 Å². The van der Waals surface area contributed by atoms with Crippen molar-refractivity contribution in [2.24, 2.45) is 0 Å². The summed E-state index contributed by atoms with van der Waals surface area (Å²) in [4.78, 5) is 0. The van der Waals surface area contributed by atoms with Gasteiger partial charge in [-0.2, -0.15) is 0 Å². The van der Waals surface area contributed by atoms with Crippen LogP contribution in [0.1, 0.15) is 5.56 Å². The van der Waals surface area contributed by atoms with Crippen molar-refractivity contribution in [3.05, 3.63) is 68.7 Å². The van der Waals surface area contributed by atoms with Crippen molar-refractivity contribution in [2.75, 3.05) is 0 Å². The molecule has 0 unspecified atom stereocenters. The van der Waals surface area contributed by atoms with E-state index >= 15 is 0 Å². The summed E-state index contributed by atoms with van der Waals surface area (Å²) in [5, 5.41) is 2.61. The minimum Gasteiger partial charge on any atom is -0.343 e. The predicted molar refractivity (Wildman–Crippen MR) is 85.2 cm³/mol. The van der Waals surface area contributed by atoms with Crippen LogP contribution in [0, 0.1) is 0 Å². The molecule has 1 aromatic heterocycles. The molecule has 4 heteroatoms. The van der Waals surface area contributed by atoms with Crippen molar-refractivity contribution >= 4 is 50.0 Å². The van der Waals surface area contributed by atoms with Gasteiger partial charge in [-0.1, -0.05) is 51.3 Å². The summed E-state index contributed by atoms with van der Waals surface area (Å²) in [5.74, 6) is 0. The van der Waals surface area contributed by atoms with Gasteiger partial charge in [-0.05, 0) is 35.9 Å². The molecular weight excluding hydrogens is 345 g/mol. The van der Waals surface area contributed by atoms with Crippen molar-refractivity contribution in [3.8, 4) is 0 Å². The summed E-state index contributed by atoms with van der Waals surface area (Å²) in [6, 6.07) is 13.9. The number of halogens is 3. The average molecular weight is 355 g/mol. The van der Waals surface area contributed by atoms with Crippen LogP contribution in [-0.4, -0.2) is 4.57 Å². The third-order valence-electron chi connectivity index (χ3n) is 3.12. The van der Waals surface area contributed by atoms with Crippen molar-refractivity contribution in [2.45, 2.75) is 6.54 Å². The largest absolute Gasteiger partial charge is 0.343 e. The van der Waals surface area contributed by atoms with Gasteiger partial charge in [-0.3, -0.25) is 0 Å². The van der Waals surface area contributed by atoms with Crippen LogP contribution in [0.25, 0.3) is 10.9 Å². The smallest absolute Gasteiger partial charge is 0.0499 e. The van der Waals surface area contributed by atoms with Gasteiger partial charge < -0.3 is 4.57 Å². The van der Waals surface area contributed by atoms with Crippen molar-refractivity contribution in [1.82, 2.24) is 4.57 Å². The Kier molecular flexibility index (Phi) is 3.57. The molecular formula is C15H10BrCl2N. The maximum atomic E-state index is 6.26. The SMILES string of the molecule is Clc1cc(Br)ccc1Cn1ccc2c(Cl)cccc21. The molecule has 0 saturated carbocycles. The van der Waals surface area contributed by atoms with E-state index in [0.717, 1.165) is 37.5 Å². The van der Waals surface area contributed by atoms with E-state index in [9.17, 15) is 0 Å². The van der Waals surface area contributed by atoms with Crippen LogP contribution in [0.5, 0.6) is 0 Å². The first kappa shape index (κ1) is 13.0. The standard InChI is InChI=1S/C15H10BrCl2N/c16-11-5-4-10(14(18)8-11)9-19-7-6-12-13(17)2-1-3-15(12)19/h1-8H,9H2. The van der Waals surface area contributed by atoms with E-state index in [4.69, 9.17) is 23.2 Å². The Balaban J connectivity index is 2.04. The van der Waals surface area contributed by atoms with Gasteiger partial charge in [0.05, 0.1) is 0 Å². The molecule has 1 heterocycles. The third-order valence-corrected chi connectivity index (χ3v) is 4.29. The molecule has 0 radical (unpaired) electrons. The van der Waals surface area contributed by atoms with E-state index in [2.05, 4.69) is 26.6 Å². The molecule has 0 fully saturated rings. The number of hydrogen-bond donors (Lipinski definition) is 0. The molecule has 0 atom stereocenters. The number of nitrogens with zero attached hydrogens (tertiary/aromatic N) is 1. The Morgan fingerprint density at radius 1 is 1.00 bits per heavy atom. The average Bonchev–Trinajstić information content (AvgIpc) is 2.78. The Hall–Kier alpha value is -0.960. The van der Waals surface area contributed by atoms with Gasteiger partial charge in [0, 0.05) is 38.2 Å². The minimum atomic E-state index is 0.732. The molecule has 1 nitrogen and oxygen atoms in total. The van der Waals surface area contributed by atoms with Crippen LogP contribution in [0.2, 0.25) is 10.0 Å². The summed E-state index contributed by atoms with van der Waals surface area (Å²) in [5.41, 5.74) is 2.20. The molecule has 19 heavy (non-hydrogen) atoms. The van der Waals surface area contributed by atoms with Gasteiger partial charge in [0.1, 0.15) is 0 Å². The molecule has 0 N–H and O–H groups in total. The highest BCUT2D eigenvalue weighted by atomic mass is 79.9. The molecule has 0 spiro atoms. The van der Waals surface area contributed by atoms with Crippen LogP contribution in [-0.2, 0) is 6.54 Å².